The molecule has 3 heteroatoms. The van der Waals surface area contributed by atoms with Crippen LogP contribution < -0.4 is 0 Å². The lowest BCUT2D eigenvalue weighted by Gasteiger charge is -1.98. The molecule has 3 aromatic rings. The van der Waals surface area contributed by atoms with E-state index in [9.17, 15) is 0 Å². The van der Waals surface area contributed by atoms with Crippen molar-refractivity contribution in [3.63, 3.8) is 0 Å². The second-order valence-electron chi connectivity index (χ2n) is 3.59. The first-order valence-corrected chi connectivity index (χ1v) is 4.93. The first-order chi connectivity index (χ1) is 7.36. The summed E-state index contributed by atoms with van der Waals surface area (Å²) in [6, 6.07) is 10.2. The number of benzene rings is 1. The molecule has 0 spiro atoms. The van der Waals surface area contributed by atoms with Gasteiger partial charge in [0.2, 0.25) is 0 Å². The van der Waals surface area contributed by atoms with E-state index in [1.165, 1.54) is 10.9 Å². The van der Waals surface area contributed by atoms with Crippen molar-refractivity contribution in [2.75, 3.05) is 0 Å². The molecular weight excluding hydrogens is 186 g/mol. The number of aromatic nitrogens is 3. The Kier molecular flexibility index (Phi) is 1.65. The van der Waals surface area contributed by atoms with Crippen LogP contribution in [0.3, 0.4) is 0 Å². The number of hydrogen-bond donors (Lipinski definition) is 1. The molecule has 3 rings (SSSR count). The fourth-order valence-electron chi connectivity index (χ4n) is 1.90. The van der Waals surface area contributed by atoms with Crippen molar-refractivity contribution in [1.82, 2.24) is 14.8 Å². The summed E-state index contributed by atoms with van der Waals surface area (Å²) >= 11 is 0. The zero-order chi connectivity index (χ0) is 10.3. The van der Waals surface area contributed by atoms with Gasteiger partial charge in [0, 0.05) is 28.9 Å². The summed E-state index contributed by atoms with van der Waals surface area (Å²) in [5.74, 6) is 1.04. The third-order valence-corrected chi connectivity index (χ3v) is 2.67. The standard InChI is InChI=1S/C12H11N3/c1-9-10-5-2-3-6-11(10)14-12(9)15-8-4-7-13-15/h2-8,14H,1H3. The van der Waals surface area contributed by atoms with Crippen molar-refractivity contribution in [3.8, 4) is 5.82 Å². The van der Waals surface area contributed by atoms with E-state index >= 15 is 0 Å². The fraction of sp³-hybridized carbons (Fsp3) is 0.0833. The highest BCUT2D eigenvalue weighted by Gasteiger charge is 2.07. The molecule has 0 fully saturated rings. The third-order valence-electron chi connectivity index (χ3n) is 2.67. The highest BCUT2D eigenvalue weighted by Crippen LogP contribution is 2.23. The van der Waals surface area contributed by atoms with Crippen molar-refractivity contribution in [2.24, 2.45) is 0 Å². The number of aromatic amines is 1. The van der Waals surface area contributed by atoms with Crippen molar-refractivity contribution >= 4 is 10.9 Å². The Morgan fingerprint density at radius 2 is 2.07 bits per heavy atom. The predicted molar refractivity (Wildman–Crippen MR) is 60.2 cm³/mol. The average Bonchev–Trinajstić information content (AvgIpc) is 2.87. The largest absolute Gasteiger partial charge is 0.339 e. The van der Waals surface area contributed by atoms with Gasteiger partial charge in [-0.15, -0.1) is 0 Å². The number of H-pyrrole nitrogens is 1. The molecule has 0 aliphatic carbocycles. The maximum absolute atomic E-state index is 4.23. The molecule has 0 atom stereocenters. The second kappa shape index (κ2) is 2.98. The average molecular weight is 197 g/mol. The Labute approximate surface area is 87.4 Å². The lowest BCUT2D eigenvalue weighted by atomic mass is 10.2. The maximum Gasteiger partial charge on any atom is 0.135 e. The highest BCUT2D eigenvalue weighted by atomic mass is 15.3. The molecule has 0 bridgehead atoms. The second-order valence-corrected chi connectivity index (χ2v) is 3.59. The van der Waals surface area contributed by atoms with Gasteiger partial charge in [0.1, 0.15) is 5.82 Å². The molecule has 0 radical (unpaired) electrons. The predicted octanol–water partition coefficient (Wildman–Crippen LogP) is 2.66. The minimum absolute atomic E-state index is 1.04. The number of hydrogen-bond acceptors (Lipinski definition) is 1. The zero-order valence-electron chi connectivity index (χ0n) is 8.44. The molecule has 1 aromatic carbocycles. The molecule has 0 aliphatic rings. The van der Waals surface area contributed by atoms with Crippen LogP contribution in [0.5, 0.6) is 0 Å². The molecule has 3 nitrogen and oxygen atoms in total. The van der Waals surface area contributed by atoms with Crippen molar-refractivity contribution in [1.29, 1.82) is 0 Å². The van der Waals surface area contributed by atoms with Crippen LogP contribution in [0.1, 0.15) is 5.56 Å². The van der Waals surface area contributed by atoms with Crippen LogP contribution in [0, 0.1) is 6.92 Å². The molecule has 15 heavy (non-hydrogen) atoms. The molecule has 0 aliphatic heterocycles. The molecule has 74 valence electrons. The lowest BCUT2D eigenvalue weighted by molar-refractivity contribution is 0.851. The molecule has 0 unspecified atom stereocenters. The molecule has 0 saturated carbocycles. The van der Waals surface area contributed by atoms with Gasteiger partial charge in [-0.1, -0.05) is 18.2 Å². The molecule has 0 saturated heterocycles. The van der Waals surface area contributed by atoms with Crippen molar-refractivity contribution < 1.29 is 0 Å². The Bertz CT molecular complexity index is 590. The molecule has 2 aromatic heterocycles. The van der Waals surface area contributed by atoms with E-state index in [1.807, 2.05) is 23.0 Å². The summed E-state index contributed by atoms with van der Waals surface area (Å²) in [5.41, 5.74) is 2.38. The van der Waals surface area contributed by atoms with E-state index in [0.29, 0.717) is 0 Å². The van der Waals surface area contributed by atoms with Gasteiger partial charge in [0.05, 0.1) is 0 Å². The van der Waals surface area contributed by atoms with Gasteiger partial charge >= 0.3 is 0 Å². The minimum Gasteiger partial charge on any atom is -0.339 e. The van der Waals surface area contributed by atoms with Crippen molar-refractivity contribution in [3.05, 3.63) is 48.3 Å². The summed E-state index contributed by atoms with van der Waals surface area (Å²) in [5, 5.41) is 5.48. The van der Waals surface area contributed by atoms with Gasteiger partial charge in [-0.2, -0.15) is 5.10 Å². The molecule has 1 N–H and O–H groups in total. The monoisotopic (exact) mass is 197 g/mol. The van der Waals surface area contributed by atoms with Crippen LogP contribution in [0.4, 0.5) is 0 Å². The number of nitrogens with one attached hydrogen (secondary N) is 1. The fourth-order valence-corrected chi connectivity index (χ4v) is 1.90. The Hall–Kier alpha value is -2.03. The summed E-state index contributed by atoms with van der Waals surface area (Å²) in [4.78, 5) is 3.37. The normalized spacial score (nSPS) is 11.0. The minimum atomic E-state index is 1.04. The highest BCUT2D eigenvalue weighted by molar-refractivity contribution is 5.86. The molecule has 2 heterocycles. The summed E-state index contributed by atoms with van der Waals surface area (Å²) in [7, 11) is 0. The number of rotatable bonds is 1. The number of para-hydroxylation sites is 1. The Morgan fingerprint density at radius 1 is 1.20 bits per heavy atom. The number of nitrogens with zero attached hydrogens (tertiary/aromatic N) is 2. The zero-order valence-corrected chi connectivity index (χ0v) is 8.44. The quantitative estimate of drug-likeness (QED) is 0.639. The van der Waals surface area contributed by atoms with Gasteiger partial charge in [0.15, 0.2) is 0 Å². The van der Waals surface area contributed by atoms with E-state index in [4.69, 9.17) is 0 Å². The van der Waals surface area contributed by atoms with Gasteiger partial charge < -0.3 is 4.98 Å². The van der Waals surface area contributed by atoms with E-state index < -0.39 is 0 Å². The Balaban J connectivity index is 2.33. The van der Waals surface area contributed by atoms with Crippen LogP contribution in [0.25, 0.3) is 16.7 Å². The van der Waals surface area contributed by atoms with E-state index in [-0.39, 0.29) is 0 Å². The maximum atomic E-state index is 4.23. The molecule has 0 amide bonds. The third kappa shape index (κ3) is 1.16. The van der Waals surface area contributed by atoms with E-state index in [0.717, 1.165) is 11.3 Å². The summed E-state index contributed by atoms with van der Waals surface area (Å²) < 4.78 is 1.86. The first-order valence-electron chi connectivity index (χ1n) is 4.93. The van der Waals surface area contributed by atoms with Gasteiger partial charge in [-0.3, -0.25) is 0 Å². The van der Waals surface area contributed by atoms with E-state index in [1.54, 1.807) is 6.20 Å². The van der Waals surface area contributed by atoms with Crippen LogP contribution in [-0.4, -0.2) is 14.8 Å². The molecular formula is C12H11N3. The van der Waals surface area contributed by atoms with Crippen LogP contribution in [0.2, 0.25) is 0 Å². The van der Waals surface area contributed by atoms with E-state index in [2.05, 4.69) is 35.2 Å². The van der Waals surface area contributed by atoms with Gasteiger partial charge in [-0.25, -0.2) is 4.68 Å². The summed E-state index contributed by atoms with van der Waals surface area (Å²) in [6.45, 7) is 2.11. The van der Waals surface area contributed by atoms with Gasteiger partial charge in [0.25, 0.3) is 0 Å². The number of aryl methyl sites for hydroxylation is 1. The lowest BCUT2D eigenvalue weighted by Crippen LogP contribution is -1.95. The summed E-state index contributed by atoms with van der Waals surface area (Å²) in [6.07, 6.45) is 3.72. The van der Waals surface area contributed by atoms with Crippen LogP contribution >= 0.6 is 0 Å². The van der Waals surface area contributed by atoms with Gasteiger partial charge in [-0.05, 0) is 19.1 Å². The Morgan fingerprint density at radius 3 is 2.80 bits per heavy atom. The van der Waals surface area contributed by atoms with Crippen LogP contribution in [-0.2, 0) is 0 Å². The first kappa shape index (κ1) is 8.29. The SMILES string of the molecule is Cc1c(-n2cccn2)[nH]c2ccccc12. The van der Waals surface area contributed by atoms with Crippen LogP contribution in [0.15, 0.2) is 42.7 Å². The smallest absolute Gasteiger partial charge is 0.135 e. The van der Waals surface area contributed by atoms with Crippen molar-refractivity contribution in [2.45, 2.75) is 6.92 Å². The number of fused-ring (bicyclic) bond motifs is 1. The topological polar surface area (TPSA) is 33.6 Å².